The Morgan fingerprint density at radius 2 is 2.00 bits per heavy atom. The highest BCUT2D eigenvalue weighted by Gasteiger charge is 2.12. The smallest absolute Gasteiger partial charge is 0.140 e. The lowest BCUT2D eigenvalue weighted by Gasteiger charge is -2.20. The Labute approximate surface area is 124 Å². The average Bonchev–Trinajstić information content (AvgIpc) is 2.54. The van der Waals surface area contributed by atoms with Crippen molar-refractivity contribution in [3.63, 3.8) is 0 Å². The topological polar surface area (TPSA) is 35.8 Å². The van der Waals surface area contributed by atoms with E-state index < -0.39 is 5.82 Å². The van der Waals surface area contributed by atoms with Crippen LogP contribution >= 0.6 is 0 Å². The fraction of sp³-hybridized carbons (Fsp3) is 0.278. The van der Waals surface area contributed by atoms with Gasteiger partial charge >= 0.3 is 0 Å². The van der Waals surface area contributed by atoms with Gasteiger partial charge in [0.2, 0.25) is 0 Å². The van der Waals surface area contributed by atoms with Crippen LogP contribution in [0.25, 0.3) is 0 Å². The van der Waals surface area contributed by atoms with Crippen molar-refractivity contribution in [1.82, 2.24) is 0 Å². The highest BCUT2D eigenvalue weighted by atomic mass is 19.1. The molecule has 0 heterocycles. The maximum Gasteiger partial charge on any atom is 0.140 e. The molecule has 1 aliphatic rings. The molecule has 1 N–H and O–H groups in total. The number of nitrogens with one attached hydrogen (secondary N) is 1. The first-order valence-corrected chi connectivity index (χ1v) is 7.31. The van der Waals surface area contributed by atoms with Gasteiger partial charge in [-0.15, -0.1) is 0 Å². The molecule has 0 unspecified atom stereocenters. The third-order valence-electron chi connectivity index (χ3n) is 4.03. The second-order valence-electron chi connectivity index (χ2n) is 5.43. The van der Waals surface area contributed by atoms with Gasteiger partial charge in [-0.2, -0.15) is 5.26 Å². The van der Waals surface area contributed by atoms with Gasteiger partial charge in [-0.05, 0) is 60.6 Å². The lowest BCUT2D eigenvalue weighted by molar-refractivity contribution is 0.623. The summed E-state index contributed by atoms with van der Waals surface area (Å²) in [5.41, 5.74) is 5.02. The fourth-order valence-electron chi connectivity index (χ4n) is 2.91. The molecule has 0 bridgehead atoms. The van der Waals surface area contributed by atoms with Crippen molar-refractivity contribution >= 4 is 5.69 Å². The van der Waals surface area contributed by atoms with Gasteiger partial charge in [-0.25, -0.2) is 4.39 Å². The summed E-state index contributed by atoms with van der Waals surface area (Å²) >= 11 is 0. The zero-order valence-electron chi connectivity index (χ0n) is 11.8. The summed E-state index contributed by atoms with van der Waals surface area (Å²) in [5.74, 6) is -0.460. The van der Waals surface area contributed by atoms with Crippen LogP contribution in [0.1, 0.15) is 35.1 Å². The predicted molar refractivity (Wildman–Crippen MR) is 81.5 cm³/mol. The molecule has 3 heteroatoms. The Balaban J connectivity index is 1.78. The number of benzene rings is 2. The van der Waals surface area contributed by atoms with E-state index in [1.807, 2.05) is 6.07 Å². The molecule has 0 aliphatic heterocycles. The van der Waals surface area contributed by atoms with Crippen molar-refractivity contribution in [3.8, 4) is 6.07 Å². The normalized spacial score (nSPS) is 13.3. The summed E-state index contributed by atoms with van der Waals surface area (Å²) in [7, 11) is 0. The first-order valence-electron chi connectivity index (χ1n) is 7.31. The Morgan fingerprint density at radius 3 is 2.86 bits per heavy atom. The third kappa shape index (κ3) is 2.90. The van der Waals surface area contributed by atoms with E-state index in [0.29, 0.717) is 6.54 Å². The van der Waals surface area contributed by atoms with Crippen LogP contribution in [0.15, 0.2) is 36.4 Å². The maximum absolute atomic E-state index is 13.3. The van der Waals surface area contributed by atoms with Gasteiger partial charge in [0.05, 0.1) is 5.56 Å². The van der Waals surface area contributed by atoms with E-state index in [0.717, 1.165) is 24.1 Å². The second kappa shape index (κ2) is 5.97. The van der Waals surface area contributed by atoms with Gasteiger partial charge < -0.3 is 5.32 Å². The Hall–Kier alpha value is -2.34. The van der Waals surface area contributed by atoms with E-state index >= 15 is 0 Å². The molecule has 2 nitrogen and oxygen atoms in total. The molecule has 106 valence electrons. The van der Waals surface area contributed by atoms with Crippen molar-refractivity contribution in [2.24, 2.45) is 0 Å². The maximum atomic E-state index is 13.3. The standard InChI is InChI=1S/C18H17FN2/c19-17-9-8-13(10-15(17)11-20)12-21-18-7-3-5-14-4-1-2-6-16(14)18/h3,5,7-10,21H,1-2,4,6,12H2. The molecule has 0 saturated heterocycles. The summed E-state index contributed by atoms with van der Waals surface area (Å²) in [6.07, 6.45) is 4.77. The minimum Gasteiger partial charge on any atom is -0.381 e. The number of nitrogens with zero attached hydrogens (tertiary/aromatic N) is 1. The van der Waals surface area contributed by atoms with Crippen molar-refractivity contribution < 1.29 is 4.39 Å². The molecule has 0 spiro atoms. The van der Waals surface area contributed by atoms with Gasteiger partial charge in [0.15, 0.2) is 0 Å². The summed E-state index contributed by atoms with van der Waals surface area (Å²) in [6.45, 7) is 0.603. The predicted octanol–water partition coefficient (Wildman–Crippen LogP) is 4.19. The Kier molecular flexibility index (Phi) is 3.87. The minimum atomic E-state index is -0.460. The zero-order chi connectivity index (χ0) is 14.7. The van der Waals surface area contributed by atoms with Crippen molar-refractivity contribution in [2.75, 3.05) is 5.32 Å². The van der Waals surface area contributed by atoms with Crippen LogP contribution in [0.2, 0.25) is 0 Å². The molecule has 21 heavy (non-hydrogen) atoms. The van der Waals surface area contributed by atoms with E-state index in [9.17, 15) is 4.39 Å². The van der Waals surface area contributed by atoms with E-state index in [4.69, 9.17) is 5.26 Å². The largest absolute Gasteiger partial charge is 0.381 e. The van der Waals surface area contributed by atoms with E-state index in [2.05, 4.69) is 23.5 Å². The Bertz CT molecular complexity index is 701. The van der Waals surface area contributed by atoms with Gasteiger partial charge in [0, 0.05) is 12.2 Å². The number of anilines is 1. The van der Waals surface area contributed by atoms with Gasteiger partial charge in [-0.3, -0.25) is 0 Å². The Morgan fingerprint density at radius 1 is 1.14 bits per heavy atom. The second-order valence-corrected chi connectivity index (χ2v) is 5.43. The molecule has 2 aromatic carbocycles. The molecular weight excluding hydrogens is 263 g/mol. The van der Waals surface area contributed by atoms with E-state index in [1.165, 1.54) is 30.0 Å². The monoisotopic (exact) mass is 280 g/mol. The highest BCUT2D eigenvalue weighted by Crippen LogP contribution is 2.28. The number of rotatable bonds is 3. The van der Waals surface area contributed by atoms with Gasteiger partial charge in [-0.1, -0.05) is 18.2 Å². The number of nitriles is 1. The van der Waals surface area contributed by atoms with Crippen LogP contribution in [-0.2, 0) is 19.4 Å². The molecule has 0 aromatic heterocycles. The summed E-state index contributed by atoms with van der Waals surface area (Å²) in [6, 6.07) is 12.9. The SMILES string of the molecule is N#Cc1cc(CNc2cccc3c2CCCC3)ccc1F. The number of hydrogen-bond acceptors (Lipinski definition) is 2. The van der Waals surface area contributed by atoms with E-state index in [-0.39, 0.29) is 5.56 Å². The molecule has 1 aliphatic carbocycles. The van der Waals surface area contributed by atoms with Crippen LogP contribution in [0, 0.1) is 17.1 Å². The summed E-state index contributed by atoms with van der Waals surface area (Å²) in [5, 5.41) is 12.3. The number of fused-ring (bicyclic) bond motifs is 1. The summed E-state index contributed by atoms with van der Waals surface area (Å²) in [4.78, 5) is 0. The van der Waals surface area contributed by atoms with Crippen molar-refractivity contribution in [1.29, 1.82) is 5.26 Å². The molecule has 2 aromatic rings. The van der Waals surface area contributed by atoms with E-state index in [1.54, 1.807) is 12.1 Å². The molecule has 0 fully saturated rings. The lowest BCUT2D eigenvalue weighted by atomic mass is 9.90. The molecule has 0 radical (unpaired) electrons. The lowest BCUT2D eigenvalue weighted by Crippen LogP contribution is -2.08. The molecule has 0 saturated carbocycles. The van der Waals surface area contributed by atoms with Crippen molar-refractivity contribution in [2.45, 2.75) is 32.2 Å². The molecule has 0 amide bonds. The molecule has 0 atom stereocenters. The highest BCUT2D eigenvalue weighted by molar-refractivity contribution is 5.56. The number of aryl methyl sites for hydroxylation is 1. The zero-order valence-corrected chi connectivity index (χ0v) is 11.8. The number of halogens is 1. The average molecular weight is 280 g/mol. The first-order chi connectivity index (χ1) is 10.3. The van der Waals surface area contributed by atoms with Gasteiger partial charge in [0.1, 0.15) is 11.9 Å². The molecular formula is C18H17FN2. The quantitative estimate of drug-likeness (QED) is 0.915. The van der Waals surface area contributed by atoms with Crippen molar-refractivity contribution in [3.05, 3.63) is 64.5 Å². The van der Waals surface area contributed by atoms with Crippen LogP contribution in [0.3, 0.4) is 0 Å². The first kappa shape index (κ1) is 13.6. The third-order valence-corrected chi connectivity index (χ3v) is 4.03. The van der Waals surface area contributed by atoms with Gasteiger partial charge in [0.25, 0.3) is 0 Å². The molecule has 3 rings (SSSR count). The van der Waals surface area contributed by atoms with Crippen LogP contribution in [-0.4, -0.2) is 0 Å². The van der Waals surface area contributed by atoms with Crippen LogP contribution in [0.4, 0.5) is 10.1 Å². The van der Waals surface area contributed by atoms with Crippen LogP contribution < -0.4 is 5.32 Å². The summed E-state index contributed by atoms with van der Waals surface area (Å²) < 4.78 is 13.3. The van der Waals surface area contributed by atoms with Crippen LogP contribution in [0.5, 0.6) is 0 Å². The number of hydrogen-bond donors (Lipinski definition) is 1. The fourth-order valence-corrected chi connectivity index (χ4v) is 2.91. The minimum absolute atomic E-state index is 0.101.